The third-order valence-electron chi connectivity index (χ3n) is 12.0. The van der Waals surface area contributed by atoms with E-state index in [9.17, 15) is 0 Å². The van der Waals surface area contributed by atoms with Crippen LogP contribution < -0.4 is 5.19 Å². The van der Waals surface area contributed by atoms with Crippen molar-refractivity contribution in [3.63, 3.8) is 0 Å². The number of furan rings is 1. The van der Waals surface area contributed by atoms with E-state index in [0.717, 1.165) is 61.6 Å². The Balaban J connectivity index is 0.000000192. The van der Waals surface area contributed by atoms with Gasteiger partial charge in [0, 0.05) is 49.3 Å². The molecule has 61 heavy (non-hydrogen) atoms. The monoisotopic (exact) mass is 996 g/mol. The van der Waals surface area contributed by atoms with Gasteiger partial charge in [-0.1, -0.05) is 147 Å². The molecule has 9 rings (SSSR count). The van der Waals surface area contributed by atoms with Gasteiger partial charge in [-0.25, -0.2) is 0 Å². The maximum Gasteiger partial charge on any atom is 0.121 e. The van der Waals surface area contributed by atoms with Crippen LogP contribution in [0.15, 0.2) is 120 Å². The van der Waals surface area contributed by atoms with E-state index in [2.05, 4.69) is 168 Å². The molecule has 4 nitrogen and oxygen atoms in total. The molecule has 6 heteroatoms. The van der Waals surface area contributed by atoms with Gasteiger partial charge in [-0.15, -0.1) is 47.5 Å². The van der Waals surface area contributed by atoms with E-state index in [1.807, 2.05) is 26.1 Å². The SMILES string of the molecule is CC(C)(C)c1c[c-]c(-c2cc(C3CCCCC3)ccn2)c2oc3cc(-c4ccccc4)ccc3c12.Cc1cc(-c2c[c-]c(-c3cc(C)c([Si](C)(C)C)cn3)cc2)cc(C)n1.[Ir]. The molecular formula is C55H57IrN3OSi-2. The topological polar surface area (TPSA) is 51.8 Å². The molecule has 1 saturated carbocycles. The van der Waals surface area contributed by atoms with Crippen LogP contribution in [0.4, 0.5) is 0 Å². The van der Waals surface area contributed by atoms with E-state index >= 15 is 0 Å². The van der Waals surface area contributed by atoms with Crippen LogP contribution in [0.3, 0.4) is 0 Å². The Morgan fingerprint density at radius 3 is 2.07 bits per heavy atom. The van der Waals surface area contributed by atoms with Crippen molar-refractivity contribution in [2.75, 3.05) is 0 Å². The van der Waals surface area contributed by atoms with Crippen LogP contribution in [0.1, 0.15) is 86.9 Å². The standard InChI is InChI=1S/C33H32NO.C22H25N2Si.Ir/c1-33(2,3)28-17-16-26(29-20-25(18-19-34-29)23-12-8-5-9-13-23)32-31(28)27-15-14-24(21-30(27)35-32)22-10-6-4-7-11-22;1-15-11-21(23-14-22(15)25(4,5)6)19-9-7-18(8-10-19)20-12-16(2)24-17(3)13-20;/h4,6-7,10-11,14-15,17-21,23H,5,8-9,12-13H2,1-3H3;7-9,11-14H,1-6H3;/q2*-1;. The first-order valence-electron chi connectivity index (χ1n) is 21.6. The van der Waals surface area contributed by atoms with Crippen molar-refractivity contribution in [3.8, 4) is 44.8 Å². The van der Waals surface area contributed by atoms with Gasteiger partial charge in [0.25, 0.3) is 0 Å². The Morgan fingerprint density at radius 2 is 1.41 bits per heavy atom. The van der Waals surface area contributed by atoms with Crippen LogP contribution >= 0.6 is 0 Å². The quantitative estimate of drug-likeness (QED) is 0.123. The molecule has 4 heterocycles. The van der Waals surface area contributed by atoms with Crippen LogP contribution in [0.5, 0.6) is 0 Å². The molecule has 0 amide bonds. The van der Waals surface area contributed by atoms with Crippen molar-refractivity contribution in [2.45, 2.75) is 105 Å². The van der Waals surface area contributed by atoms with Crippen molar-refractivity contribution in [2.24, 2.45) is 0 Å². The van der Waals surface area contributed by atoms with Gasteiger partial charge in [-0.2, -0.15) is 0 Å². The summed E-state index contributed by atoms with van der Waals surface area (Å²) >= 11 is 0. The zero-order chi connectivity index (χ0) is 42.2. The number of fused-ring (bicyclic) bond motifs is 3. The summed E-state index contributed by atoms with van der Waals surface area (Å²) in [5.74, 6) is 0.638. The van der Waals surface area contributed by atoms with Crippen molar-refractivity contribution in [3.05, 3.63) is 156 Å². The summed E-state index contributed by atoms with van der Waals surface area (Å²) in [4.78, 5) is 13.9. The van der Waals surface area contributed by atoms with Gasteiger partial charge in [0.05, 0.1) is 13.7 Å². The Kier molecular flexibility index (Phi) is 13.1. The second-order valence-corrected chi connectivity index (χ2v) is 23.8. The smallest absolute Gasteiger partial charge is 0.121 e. The Labute approximate surface area is 377 Å². The average Bonchev–Trinajstić information content (AvgIpc) is 3.62. The van der Waals surface area contributed by atoms with Crippen LogP contribution in [0, 0.1) is 32.9 Å². The van der Waals surface area contributed by atoms with Gasteiger partial charge in [0.15, 0.2) is 0 Å². The third-order valence-corrected chi connectivity index (χ3v) is 14.1. The zero-order valence-corrected chi connectivity index (χ0v) is 40.6. The molecule has 0 aliphatic heterocycles. The molecular weight excluding hydrogens is 939 g/mol. The van der Waals surface area contributed by atoms with Crippen molar-refractivity contribution < 1.29 is 24.5 Å². The van der Waals surface area contributed by atoms with Gasteiger partial charge >= 0.3 is 0 Å². The van der Waals surface area contributed by atoms with E-state index in [0.29, 0.717) is 5.92 Å². The number of hydrogen-bond acceptors (Lipinski definition) is 4. The van der Waals surface area contributed by atoms with Crippen molar-refractivity contribution >= 4 is 35.2 Å². The fraction of sp³-hybridized carbons (Fsp3) is 0.291. The first kappa shape index (κ1) is 44.1. The summed E-state index contributed by atoms with van der Waals surface area (Å²) in [6.45, 7) is 20.1. The number of rotatable bonds is 6. The van der Waals surface area contributed by atoms with E-state index < -0.39 is 8.07 Å². The van der Waals surface area contributed by atoms with Gasteiger partial charge in [-0.3, -0.25) is 4.98 Å². The van der Waals surface area contributed by atoms with Crippen LogP contribution in [-0.2, 0) is 25.5 Å². The molecule has 0 unspecified atom stereocenters. The minimum atomic E-state index is -1.34. The molecule has 8 aromatic rings. The largest absolute Gasteiger partial charge is 0.501 e. The maximum absolute atomic E-state index is 6.65. The molecule has 1 radical (unpaired) electrons. The number of aryl methyl sites for hydroxylation is 3. The number of benzene rings is 4. The Bertz CT molecular complexity index is 2770. The van der Waals surface area contributed by atoms with E-state index in [1.54, 1.807) is 0 Å². The number of pyridine rings is 3. The molecule has 1 aliphatic carbocycles. The predicted molar refractivity (Wildman–Crippen MR) is 255 cm³/mol. The second kappa shape index (κ2) is 18.1. The summed E-state index contributed by atoms with van der Waals surface area (Å²) in [5.41, 5.74) is 16.5. The van der Waals surface area contributed by atoms with E-state index in [4.69, 9.17) is 14.4 Å². The Hall–Kier alpha value is -5.00. The molecule has 313 valence electrons. The van der Waals surface area contributed by atoms with E-state index in [1.165, 1.54) is 70.5 Å². The minimum absolute atomic E-state index is 0. The van der Waals surface area contributed by atoms with E-state index in [-0.39, 0.29) is 25.5 Å². The summed E-state index contributed by atoms with van der Waals surface area (Å²) in [6.07, 6.45) is 10.6. The fourth-order valence-electron chi connectivity index (χ4n) is 8.94. The van der Waals surface area contributed by atoms with Crippen LogP contribution in [0.2, 0.25) is 19.6 Å². The molecule has 0 saturated heterocycles. The van der Waals surface area contributed by atoms with Crippen LogP contribution in [-0.4, -0.2) is 23.0 Å². The summed E-state index contributed by atoms with van der Waals surface area (Å²) < 4.78 is 6.65. The fourth-order valence-corrected chi connectivity index (χ4v) is 10.6. The zero-order valence-electron chi connectivity index (χ0n) is 37.2. The van der Waals surface area contributed by atoms with Gasteiger partial charge in [-0.05, 0) is 96.9 Å². The maximum atomic E-state index is 6.65. The van der Waals surface area contributed by atoms with Gasteiger partial charge in [0.1, 0.15) is 5.58 Å². The van der Waals surface area contributed by atoms with Gasteiger partial charge in [0.2, 0.25) is 0 Å². The van der Waals surface area contributed by atoms with Gasteiger partial charge < -0.3 is 14.4 Å². The second-order valence-electron chi connectivity index (χ2n) is 18.8. The number of hydrogen-bond donors (Lipinski definition) is 0. The molecule has 0 atom stereocenters. The number of aromatic nitrogens is 3. The third kappa shape index (κ3) is 9.73. The molecule has 4 aromatic heterocycles. The molecule has 4 aromatic carbocycles. The van der Waals surface area contributed by atoms with Crippen molar-refractivity contribution in [1.29, 1.82) is 0 Å². The number of nitrogens with zero attached hydrogens (tertiary/aromatic N) is 3. The predicted octanol–water partition coefficient (Wildman–Crippen LogP) is 14.5. The minimum Gasteiger partial charge on any atom is -0.501 e. The molecule has 0 bridgehead atoms. The summed E-state index contributed by atoms with van der Waals surface area (Å²) in [6, 6.07) is 43.4. The summed E-state index contributed by atoms with van der Waals surface area (Å²) in [7, 11) is -1.34. The van der Waals surface area contributed by atoms with Crippen molar-refractivity contribution in [1.82, 2.24) is 15.0 Å². The summed E-state index contributed by atoms with van der Waals surface area (Å²) in [5, 5.41) is 3.77. The molecule has 0 spiro atoms. The first-order chi connectivity index (χ1) is 28.7. The normalized spacial score (nSPS) is 13.5. The molecule has 1 aliphatic rings. The molecule has 0 N–H and O–H groups in total. The van der Waals surface area contributed by atoms with Crippen LogP contribution in [0.25, 0.3) is 66.7 Å². The average molecular weight is 996 g/mol. The molecule has 1 fully saturated rings. The Morgan fingerprint density at radius 1 is 0.689 bits per heavy atom. The first-order valence-corrected chi connectivity index (χ1v) is 25.1.